The summed E-state index contributed by atoms with van der Waals surface area (Å²) in [6.07, 6.45) is 1.31. The van der Waals surface area contributed by atoms with Gasteiger partial charge in [-0.15, -0.1) is 0 Å². The summed E-state index contributed by atoms with van der Waals surface area (Å²) in [6.45, 7) is 5.48. The summed E-state index contributed by atoms with van der Waals surface area (Å²) < 4.78 is 0. The second-order valence-electron chi connectivity index (χ2n) is 11.3. The summed E-state index contributed by atoms with van der Waals surface area (Å²) in [5, 5.41) is 17.7. The number of urea groups is 1. The molecule has 0 bridgehead atoms. The van der Waals surface area contributed by atoms with Crippen LogP contribution in [-0.2, 0) is 22.6 Å². The highest BCUT2D eigenvalue weighted by atomic mass is 16.3. The van der Waals surface area contributed by atoms with Crippen molar-refractivity contribution in [2.75, 3.05) is 16.8 Å². The van der Waals surface area contributed by atoms with Crippen LogP contribution >= 0.6 is 0 Å². The van der Waals surface area contributed by atoms with E-state index < -0.39 is 17.6 Å². The summed E-state index contributed by atoms with van der Waals surface area (Å²) in [5.41, 5.74) is 10.6. The van der Waals surface area contributed by atoms with Gasteiger partial charge in [-0.3, -0.25) is 9.59 Å². The van der Waals surface area contributed by atoms with Crippen molar-refractivity contribution in [1.29, 1.82) is 0 Å². The number of carbonyl (C=O) groups is 3. The van der Waals surface area contributed by atoms with Crippen LogP contribution in [0.5, 0.6) is 0 Å². The number of aliphatic hydroxyl groups excluding tert-OH is 1. The maximum atomic E-state index is 13.8. The molecule has 6 N–H and O–H groups in total. The van der Waals surface area contributed by atoms with Crippen molar-refractivity contribution in [2.24, 2.45) is 5.73 Å². The minimum atomic E-state index is -0.669. The Morgan fingerprint density at radius 2 is 1.73 bits per heavy atom. The van der Waals surface area contributed by atoms with Crippen LogP contribution in [-0.4, -0.2) is 47.2 Å². The van der Waals surface area contributed by atoms with Gasteiger partial charge in [-0.1, -0.05) is 60.7 Å². The van der Waals surface area contributed by atoms with E-state index in [2.05, 4.69) is 16.0 Å². The van der Waals surface area contributed by atoms with E-state index in [1.165, 1.54) is 0 Å². The van der Waals surface area contributed by atoms with Crippen LogP contribution in [0.15, 0.2) is 72.8 Å². The molecule has 0 saturated heterocycles. The van der Waals surface area contributed by atoms with Crippen LogP contribution in [0.4, 0.5) is 16.2 Å². The molecule has 0 saturated carbocycles. The summed E-state index contributed by atoms with van der Waals surface area (Å²) >= 11 is 0. The van der Waals surface area contributed by atoms with E-state index >= 15 is 0 Å². The molecule has 3 aromatic rings. The quantitative estimate of drug-likeness (QED) is 0.271. The number of benzene rings is 3. The second-order valence-corrected chi connectivity index (χ2v) is 11.3. The van der Waals surface area contributed by atoms with Crippen molar-refractivity contribution < 1.29 is 19.5 Å². The molecule has 9 nitrogen and oxygen atoms in total. The van der Waals surface area contributed by atoms with Crippen LogP contribution in [0.1, 0.15) is 44.7 Å². The van der Waals surface area contributed by atoms with Gasteiger partial charge in [0.1, 0.15) is 6.04 Å². The zero-order valence-corrected chi connectivity index (χ0v) is 23.8. The minimum absolute atomic E-state index is 0.129. The molecule has 1 aliphatic rings. The summed E-state index contributed by atoms with van der Waals surface area (Å²) in [5.74, 6) is -0.391. The third-order valence-corrected chi connectivity index (χ3v) is 6.93. The van der Waals surface area contributed by atoms with E-state index in [0.29, 0.717) is 25.1 Å². The van der Waals surface area contributed by atoms with E-state index in [1.807, 2.05) is 72.8 Å². The van der Waals surface area contributed by atoms with E-state index in [1.54, 1.807) is 25.7 Å². The number of aryl methyl sites for hydroxylation is 1. The van der Waals surface area contributed by atoms with Gasteiger partial charge in [-0.05, 0) is 62.4 Å². The van der Waals surface area contributed by atoms with Gasteiger partial charge in [0.25, 0.3) is 0 Å². The molecule has 0 unspecified atom stereocenters. The summed E-state index contributed by atoms with van der Waals surface area (Å²) in [7, 11) is 0. The van der Waals surface area contributed by atoms with Crippen molar-refractivity contribution in [2.45, 2.75) is 64.2 Å². The van der Waals surface area contributed by atoms with Crippen molar-refractivity contribution in [3.63, 3.8) is 0 Å². The first-order valence-corrected chi connectivity index (χ1v) is 13.9. The third-order valence-electron chi connectivity index (χ3n) is 6.93. The third kappa shape index (κ3) is 7.93. The zero-order chi connectivity index (χ0) is 29.6. The highest BCUT2D eigenvalue weighted by Gasteiger charge is 2.32. The predicted octanol–water partition coefficient (Wildman–Crippen LogP) is 3.95. The Bertz CT molecular complexity index is 1380. The van der Waals surface area contributed by atoms with E-state index in [4.69, 9.17) is 5.73 Å². The van der Waals surface area contributed by atoms with Gasteiger partial charge in [0.2, 0.25) is 11.8 Å². The van der Waals surface area contributed by atoms with Gasteiger partial charge in [0, 0.05) is 23.2 Å². The fourth-order valence-electron chi connectivity index (χ4n) is 4.92. The number of carbonyl (C=O) groups excluding carboxylic acids is 3. The topological polar surface area (TPSA) is 137 Å². The Labute approximate surface area is 241 Å². The average molecular weight is 558 g/mol. The monoisotopic (exact) mass is 557 g/mol. The number of nitrogens with two attached hydrogens (primary N) is 1. The Morgan fingerprint density at radius 3 is 2.44 bits per heavy atom. The Hall–Kier alpha value is -4.21. The van der Waals surface area contributed by atoms with Gasteiger partial charge >= 0.3 is 6.03 Å². The molecule has 4 rings (SSSR count). The molecular formula is C32H39N5O4. The predicted molar refractivity (Wildman–Crippen MR) is 161 cm³/mol. The molecule has 2 atom stereocenters. The molecule has 0 aromatic heterocycles. The fraction of sp³-hybridized carbons (Fsp3) is 0.344. The smallest absolute Gasteiger partial charge is 0.319 e. The number of aliphatic hydroxyl groups is 1. The average Bonchev–Trinajstić information content (AvgIpc) is 3.05. The minimum Gasteiger partial charge on any atom is -0.394 e. The van der Waals surface area contributed by atoms with E-state index in [-0.39, 0.29) is 30.9 Å². The lowest BCUT2D eigenvalue weighted by Gasteiger charge is -2.27. The largest absolute Gasteiger partial charge is 0.394 e. The Balaban J connectivity index is 1.54. The molecule has 0 fully saturated rings. The highest BCUT2D eigenvalue weighted by Crippen LogP contribution is 2.31. The Kier molecular flexibility index (Phi) is 9.42. The lowest BCUT2D eigenvalue weighted by molar-refractivity contribution is -0.128. The zero-order valence-electron chi connectivity index (χ0n) is 23.8. The first-order valence-electron chi connectivity index (χ1n) is 13.9. The molecule has 1 aliphatic heterocycles. The number of hydrogen-bond acceptors (Lipinski definition) is 5. The summed E-state index contributed by atoms with van der Waals surface area (Å²) in [4.78, 5) is 40.5. The van der Waals surface area contributed by atoms with Crippen LogP contribution < -0.4 is 26.6 Å². The SMILES string of the molecule is C[C@H](CO)NC(=O)Nc1ccccc1-c1ccc(CN2C(=O)[C@H](NC(=O)CC(C)(C)N)CCc3ccccc32)cc1. The number of para-hydroxylation sites is 2. The first kappa shape index (κ1) is 29.8. The van der Waals surface area contributed by atoms with Gasteiger partial charge in [-0.25, -0.2) is 4.79 Å². The van der Waals surface area contributed by atoms with Crippen molar-refractivity contribution >= 4 is 29.2 Å². The number of amides is 4. The van der Waals surface area contributed by atoms with E-state index in [0.717, 1.165) is 27.9 Å². The van der Waals surface area contributed by atoms with Crippen molar-refractivity contribution in [3.05, 3.63) is 83.9 Å². The van der Waals surface area contributed by atoms with Gasteiger partial charge in [-0.2, -0.15) is 0 Å². The number of nitrogens with zero attached hydrogens (tertiary/aromatic N) is 1. The molecule has 216 valence electrons. The van der Waals surface area contributed by atoms with Crippen LogP contribution in [0, 0.1) is 0 Å². The molecular weight excluding hydrogens is 518 g/mol. The molecule has 0 radical (unpaired) electrons. The molecule has 4 amide bonds. The highest BCUT2D eigenvalue weighted by molar-refractivity contribution is 6.00. The van der Waals surface area contributed by atoms with Gasteiger partial charge < -0.3 is 31.7 Å². The molecule has 3 aromatic carbocycles. The standard InChI is InChI=1S/C32H39N5O4/c1-21(20-38)34-31(41)36-26-10-6-5-9-25(26)23-14-12-22(13-15-23)19-37-28-11-7-4-8-24(28)16-17-27(30(37)40)35-29(39)18-32(2,3)33/h4-15,21,27,38H,16-20,33H2,1-3H3,(H,35,39)(H2,34,36,41)/t21-,27-/m1/s1. The molecule has 1 heterocycles. The van der Waals surface area contributed by atoms with Crippen LogP contribution in [0.25, 0.3) is 11.1 Å². The molecule has 0 aliphatic carbocycles. The van der Waals surface area contributed by atoms with Gasteiger partial charge in [0.15, 0.2) is 0 Å². The lowest BCUT2D eigenvalue weighted by atomic mass is 10.0. The maximum absolute atomic E-state index is 13.8. The van der Waals surface area contributed by atoms with Crippen molar-refractivity contribution in [3.8, 4) is 11.1 Å². The van der Waals surface area contributed by atoms with E-state index in [9.17, 15) is 19.5 Å². The molecule has 0 spiro atoms. The number of rotatable bonds is 9. The number of anilines is 2. The first-order chi connectivity index (χ1) is 19.5. The molecule has 9 heteroatoms. The fourth-order valence-corrected chi connectivity index (χ4v) is 4.92. The van der Waals surface area contributed by atoms with Gasteiger partial charge in [0.05, 0.1) is 24.9 Å². The number of hydrogen-bond donors (Lipinski definition) is 5. The summed E-state index contributed by atoms with van der Waals surface area (Å²) in [6, 6.07) is 21.8. The van der Waals surface area contributed by atoms with Crippen LogP contribution in [0.3, 0.4) is 0 Å². The Morgan fingerprint density at radius 1 is 1.05 bits per heavy atom. The maximum Gasteiger partial charge on any atom is 0.319 e. The second kappa shape index (κ2) is 13.0. The molecule has 41 heavy (non-hydrogen) atoms. The van der Waals surface area contributed by atoms with Crippen molar-refractivity contribution in [1.82, 2.24) is 10.6 Å². The number of fused-ring (bicyclic) bond motifs is 1. The lowest BCUT2D eigenvalue weighted by Crippen LogP contribution is -2.49. The number of nitrogens with one attached hydrogen (secondary N) is 3. The normalized spacial score (nSPS) is 15.9. The van der Waals surface area contributed by atoms with Crippen LogP contribution in [0.2, 0.25) is 0 Å².